The monoisotopic (exact) mass is 498 g/mol. The summed E-state index contributed by atoms with van der Waals surface area (Å²) in [4.78, 5) is 13.1. The molecule has 4 unspecified atom stereocenters. The van der Waals surface area contributed by atoms with Crippen LogP contribution in [0.15, 0.2) is 30.9 Å². The number of halogens is 1. The topological polar surface area (TPSA) is 35.5 Å². The fourth-order valence-electron chi connectivity index (χ4n) is 7.52. The fraction of sp³-hybridized carbons (Fsp3) is 0.719. The van der Waals surface area contributed by atoms with Crippen LogP contribution in [0.4, 0.5) is 4.39 Å². The third-order valence-electron chi connectivity index (χ3n) is 9.50. The minimum Gasteiger partial charge on any atom is -0.489 e. The van der Waals surface area contributed by atoms with Crippen molar-refractivity contribution < 1.29 is 18.7 Å². The van der Waals surface area contributed by atoms with Gasteiger partial charge in [0.05, 0.1) is 5.92 Å². The van der Waals surface area contributed by atoms with Crippen molar-refractivity contribution in [3.05, 3.63) is 36.7 Å². The maximum absolute atomic E-state index is 14.5. The van der Waals surface area contributed by atoms with Crippen molar-refractivity contribution in [1.29, 1.82) is 0 Å². The lowest BCUT2D eigenvalue weighted by atomic mass is 9.59. The Labute approximate surface area is 218 Å². The van der Waals surface area contributed by atoms with Crippen LogP contribution in [0.25, 0.3) is 0 Å². The SMILES string of the molecule is C=CCOc1ccc(OC(=O)C2CCCC3CC(C4CCC(CCCCCC)CC4)CCC32)c(F)c1. The van der Waals surface area contributed by atoms with Crippen LogP contribution in [0, 0.1) is 41.3 Å². The molecule has 0 bridgehead atoms. The molecule has 3 nitrogen and oxygen atoms in total. The molecule has 0 N–H and O–H groups in total. The average Bonchev–Trinajstić information content (AvgIpc) is 2.91. The van der Waals surface area contributed by atoms with E-state index in [2.05, 4.69) is 13.5 Å². The number of rotatable bonds is 11. The van der Waals surface area contributed by atoms with E-state index in [9.17, 15) is 9.18 Å². The average molecular weight is 499 g/mol. The summed E-state index contributed by atoms with van der Waals surface area (Å²) in [6.07, 6.45) is 21.1. The number of benzene rings is 1. The summed E-state index contributed by atoms with van der Waals surface area (Å²) in [5, 5.41) is 0. The molecule has 0 saturated heterocycles. The van der Waals surface area contributed by atoms with Crippen molar-refractivity contribution in [2.75, 3.05) is 6.61 Å². The van der Waals surface area contributed by atoms with Crippen LogP contribution in [0.3, 0.4) is 0 Å². The highest BCUT2D eigenvalue weighted by Crippen LogP contribution is 2.50. The van der Waals surface area contributed by atoms with Crippen LogP contribution in [0.5, 0.6) is 11.5 Å². The first-order valence-electron chi connectivity index (χ1n) is 14.8. The highest BCUT2D eigenvalue weighted by Gasteiger charge is 2.43. The fourth-order valence-corrected chi connectivity index (χ4v) is 7.52. The first kappa shape index (κ1) is 27.2. The minimum atomic E-state index is -0.554. The number of esters is 1. The number of ether oxygens (including phenoxy) is 2. The van der Waals surface area contributed by atoms with E-state index in [0.29, 0.717) is 24.2 Å². The van der Waals surface area contributed by atoms with Gasteiger partial charge < -0.3 is 9.47 Å². The van der Waals surface area contributed by atoms with E-state index in [0.717, 1.165) is 37.0 Å². The lowest BCUT2D eigenvalue weighted by Crippen LogP contribution is -2.40. The molecule has 3 saturated carbocycles. The van der Waals surface area contributed by atoms with Crippen LogP contribution >= 0.6 is 0 Å². The predicted molar refractivity (Wildman–Crippen MR) is 144 cm³/mol. The summed E-state index contributed by atoms with van der Waals surface area (Å²) in [7, 11) is 0. The van der Waals surface area contributed by atoms with Gasteiger partial charge in [-0.1, -0.05) is 77.4 Å². The lowest BCUT2D eigenvalue weighted by molar-refractivity contribution is -0.144. The van der Waals surface area contributed by atoms with Gasteiger partial charge in [-0.3, -0.25) is 4.79 Å². The number of unbranched alkanes of at least 4 members (excludes halogenated alkanes) is 3. The van der Waals surface area contributed by atoms with E-state index >= 15 is 0 Å². The minimum absolute atomic E-state index is 0.00761. The van der Waals surface area contributed by atoms with Crippen molar-refractivity contribution in [3.63, 3.8) is 0 Å². The molecule has 36 heavy (non-hydrogen) atoms. The van der Waals surface area contributed by atoms with Gasteiger partial charge in [-0.25, -0.2) is 4.39 Å². The predicted octanol–water partition coefficient (Wildman–Crippen LogP) is 8.91. The van der Waals surface area contributed by atoms with E-state index in [1.807, 2.05) is 0 Å². The van der Waals surface area contributed by atoms with Crippen molar-refractivity contribution in [2.24, 2.45) is 35.5 Å². The quantitative estimate of drug-likeness (QED) is 0.132. The van der Waals surface area contributed by atoms with Gasteiger partial charge in [0.25, 0.3) is 0 Å². The van der Waals surface area contributed by atoms with E-state index in [1.165, 1.54) is 89.2 Å². The molecule has 4 rings (SSSR count). The summed E-state index contributed by atoms with van der Waals surface area (Å²) >= 11 is 0. The smallest absolute Gasteiger partial charge is 0.314 e. The third-order valence-corrected chi connectivity index (χ3v) is 9.50. The summed E-state index contributed by atoms with van der Waals surface area (Å²) in [6.45, 7) is 6.20. The molecule has 200 valence electrons. The Balaban J connectivity index is 1.26. The Morgan fingerprint density at radius 2 is 1.81 bits per heavy atom. The van der Waals surface area contributed by atoms with Gasteiger partial charge in [-0.2, -0.15) is 0 Å². The number of carbonyl (C=O) groups is 1. The Morgan fingerprint density at radius 1 is 1.00 bits per heavy atom. The van der Waals surface area contributed by atoms with E-state index in [1.54, 1.807) is 12.1 Å². The Bertz CT molecular complexity index is 844. The molecule has 4 heteroatoms. The van der Waals surface area contributed by atoms with Crippen molar-refractivity contribution in [1.82, 2.24) is 0 Å². The molecule has 0 heterocycles. The zero-order valence-electron chi connectivity index (χ0n) is 22.4. The molecule has 0 amide bonds. The van der Waals surface area contributed by atoms with Crippen LogP contribution in [0.2, 0.25) is 0 Å². The van der Waals surface area contributed by atoms with E-state index < -0.39 is 5.82 Å². The van der Waals surface area contributed by atoms with Crippen LogP contribution in [-0.2, 0) is 4.79 Å². The number of hydrogen-bond acceptors (Lipinski definition) is 3. The number of fused-ring (bicyclic) bond motifs is 1. The summed E-state index contributed by atoms with van der Waals surface area (Å²) in [5.74, 6) is 3.24. The van der Waals surface area contributed by atoms with Crippen molar-refractivity contribution >= 4 is 5.97 Å². The Morgan fingerprint density at radius 3 is 2.56 bits per heavy atom. The van der Waals surface area contributed by atoms with E-state index in [-0.39, 0.29) is 17.6 Å². The highest BCUT2D eigenvalue weighted by atomic mass is 19.1. The molecule has 0 aromatic heterocycles. The maximum atomic E-state index is 14.5. The molecule has 3 aliphatic carbocycles. The second kappa shape index (κ2) is 13.6. The summed E-state index contributed by atoms with van der Waals surface area (Å²) < 4.78 is 25.5. The van der Waals surface area contributed by atoms with Gasteiger partial charge in [-0.05, 0) is 80.2 Å². The number of carbonyl (C=O) groups excluding carboxylic acids is 1. The third kappa shape index (κ3) is 7.13. The molecule has 0 radical (unpaired) electrons. The van der Waals surface area contributed by atoms with Crippen molar-refractivity contribution in [3.8, 4) is 11.5 Å². The zero-order chi connectivity index (χ0) is 25.3. The van der Waals surface area contributed by atoms with Crippen LogP contribution < -0.4 is 9.47 Å². The molecule has 3 aliphatic rings. The molecule has 3 fully saturated rings. The van der Waals surface area contributed by atoms with Gasteiger partial charge in [0.15, 0.2) is 11.6 Å². The van der Waals surface area contributed by atoms with Crippen molar-refractivity contribution in [2.45, 2.75) is 103 Å². The Hall–Kier alpha value is -1.84. The number of hydrogen-bond donors (Lipinski definition) is 0. The second-order valence-corrected chi connectivity index (χ2v) is 11.8. The van der Waals surface area contributed by atoms with Crippen LogP contribution in [0.1, 0.15) is 103 Å². The molecule has 0 spiro atoms. The van der Waals surface area contributed by atoms with Gasteiger partial charge in [0.1, 0.15) is 12.4 Å². The van der Waals surface area contributed by atoms with Gasteiger partial charge in [-0.15, -0.1) is 0 Å². The molecule has 1 aromatic rings. The summed E-state index contributed by atoms with van der Waals surface area (Å²) in [5.41, 5.74) is 0. The van der Waals surface area contributed by atoms with Gasteiger partial charge in [0.2, 0.25) is 0 Å². The normalized spacial score (nSPS) is 30.3. The molecular weight excluding hydrogens is 451 g/mol. The van der Waals surface area contributed by atoms with E-state index in [4.69, 9.17) is 9.47 Å². The first-order valence-corrected chi connectivity index (χ1v) is 14.8. The van der Waals surface area contributed by atoms with Gasteiger partial charge >= 0.3 is 5.97 Å². The molecule has 1 aromatic carbocycles. The second-order valence-electron chi connectivity index (χ2n) is 11.8. The first-order chi connectivity index (χ1) is 17.6. The standard InChI is InChI=1S/C32H47FO3/c1-3-5-6-7-9-23-12-14-24(15-13-23)25-16-18-28-26(21-25)10-8-11-29(28)32(34)36-31-19-17-27(22-30(31)33)35-20-4-2/h4,17,19,22-26,28-29H,2-3,5-16,18,20-21H2,1H3. The zero-order valence-corrected chi connectivity index (χ0v) is 22.4. The van der Waals surface area contributed by atoms with Gasteiger partial charge in [0, 0.05) is 6.07 Å². The molecular formula is C32H47FO3. The molecule has 4 atom stereocenters. The lowest BCUT2D eigenvalue weighted by Gasteiger charge is -2.46. The Kier molecular flexibility index (Phi) is 10.3. The van der Waals surface area contributed by atoms with Crippen LogP contribution in [-0.4, -0.2) is 12.6 Å². The highest BCUT2D eigenvalue weighted by molar-refractivity contribution is 5.75. The summed E-state index contributed by atoms with van der Waals surface area (Å²) in [6, 6.07) is 4.42. The molecule has 0 aliphatic heterocycles. The maximum Gasteiger partial charge on any atom is 0.314 e. The largest absolute Gasteiger partial charge is 0.489 e.